The lowest BCUT2D eigenvalue weighted by Gasteiger charge is -2.08. The Morgan fingerprint density at radius 1 is 1.33 bits per heavy atom. The third kappa shape index (κ3) is 3.77. The standard InChI is InChI=1S/C9H8Cl2N2O.ClH/c10-7-3-6(5-13)4-8(11)9(7)14-2-1-12;/h3-4H,1-2,12H2;1H. The summed E-state index contributed by atoms with van der Waals surface area (Å²) in [4.78, 5) is 0. The van der Waals surface area contributed by atoms with Crippen molar-refractivity contribution < 1.29 is 4.74 Å². The van der Waals surface area contributed by atoms with Gasteiger partial charge in [-0.1, -0.05) is 23.2 Å². The Balaban J connectivity index is 0.00000196. The summed E-state index contributed by atoms with van der Waals surface area (Å²) < 4.78 is 5.22. The number of halogens is 3. The van der Waals surface area contributed by atoms with Crippen LogP contribution < -0.4 is 10.5 Å². The lowest BCUT2D eigenvalue weighted by atomic mass is 10.2. The Morgan fingerprint density at radius 3 is 2.27 bits per heavy atom. The highest BCUT2D eigenvalue weighted by Gasteiger charge is 2.08. The van der Waals surface area contributed by atoms with Crippen molar-refractivity contribution >= 4 is 35.6 Å². The Kier molecular flexibility index (Phi) is 6.46. The molecule has 0 aliphatic heterocycles. The van der Waals surface area contributed by atoms with E-state index >= 15 is 0 Å². The van der Waals surface area contributed by atoms with Gasteiger partial charge >= 0.3 is 0 Å². The molecule has 0 radical (unpaired) electrons. The van der Waals surface area contributed by atoms with Crippen LogP contribution in [0.5, 0.6) is 5.75 Å². The second-order valence-electron chi connectivity index (χ2n) is 2.52. The topological polar surface area (TPSA) is 59.0 Å². The fourth-order valence-corrected chi connectivity index (χ4v) is 1.52. The second kappa shape index (κ2) is 6.76. The fraction of sp³-hybridized carbons (Fsp3) is 0.222. The lowest BCUT2D eigenvalue weighted by molar-refractivity contribution is 0.328. The predicted molar refractivity (Wildman–Crippen MR) is 63.0 cm³/mol. The van der Waals surface area contributed by atoms with E-state index in [9.17, 15) is 0 Å². The quantitative estimate of drug-likeness (QED) is 0.916. The maximum Gasteiger partial charge on any atom is 0.156 e. The molecule has 1 aromatic rings. The van der Waals surface area contributed by atoms with Crippen molar-refractivity contribution in [2.75, 3.05) is 13.2 Å². The van der Waals surface area contributed by atoms with E-state index in [1.165, 1.54) is 12.1 Å². The number of hydrogen-bond acceptors (Lipinski definition) is 3. The first-order chi connectivity index (χ1) is 6.69. The van der Waals surface area contributed by atoms with E-state index < -0.39 is 0 Å². The summed E-state index contributed by atoms with van der Waals surface area (Å²) in [6.07, 6.45) is 0. The molecule has 3 nitrogen and oxygen atoms in total. The molecule has 0 aliphatic carbocycles. The number of ether oxygens (including phenoxy) is 1. The summed E-state index contributed by atoms with van der Waals surface area (Å²) in [5.41, 5.74) is 5.67. The fourth-order valence-electron chi connectivity index (χ4n) is 0.923. The molecule has 82 valence electrons. The van der Waals surface area contributed by atoms with E-state index in [1.807, 2.05) is 6.07 Å². The number of nitrogens with two attached hydrogens (primary N) is 1. The van der Waals surface area contributed by atoms with Crippen LogP contribution in [0.3, 0.4) is 0 Å². The van der Waals surface area contributed by atoms with Crippen LogP contribution in [-0.2, 0) is 0 Å². The molecule has 0 aromatic heterocycles. The van der Waals surface area contributed by atoms with Crippen molar-refractivity contribution in [1.82, 2.24) is 0 Å². The summed E-state index contributed by atoms with van der Waals surface area (Å²) in [5, 5.41) is 9.27. The van der Waals surface area contributed by atoms with E-state index in [0.29, 0.717) is 34.5 Å². The van der Waals surface area contributed by atoms with E-state index in [1.54, 1.807) is 0 Å². The van der Waals surface area contributed by atoms with Gasteiger partial charge in [0, 0.05) is 6.54 Å². The van der Waals surface area contributed by atoms with Crippen LogP contribution in [0.4, 0.5) is 0 Å². The number of nitrogens with zero attached hydrogens (tertiary/aromatic N) is 1. The maximum atomic E-state index is 8.63. The van der Waals surface area contributed by atoms with E-state index in [2.05, 4.69) is 0 Å². The molecule has 0 fully saturated rings. The molecule has 6 heteroatoms. The zero-order valence-electron chi connectivity index (χ0n) is 7.67. The highest BCUT2D eigenvalue weighted by molar-refractivity contribution is 6.37. The Morgan fingerprint density at radius 2 is 1.87 bits per heavy atom. The Bertz CT molecular complexity index is 353. The van der Waals surface area contributed by atoms with Gasteiger partial charge in [0.05, 0.1) is 21.7 Å². The molecule has 15 heavy (non-hydrogen) atoms. The minimum Gasteiger partial charge on any atom is -0.489 e. The van der Waals surface area contributed by atoms with Crippen molar-refractivity contribution in [2.45, 2.75) is 0 Å². The first-order valence-electron chi connectivity index (χ1n) is 3.91. The van der Waals surface area contributed by atoms with Crippen LogP contribution in [0.15, 0.2) is 12.1 Å². The van der Waals surface area contributed by atoms with Crippen LogP contribution in [0.2, 0.25) is 10.0 Å². The Labute approximate surface area is 104 Å². The van der Waals surface area contributed by atoms with Crippen LogP contribution in [0, 0.1) is 11.3 Å². The summed E-state index contributed by atoms with van der Waals surface area (Å²) in [7, 11) is 0. The van der Waals surface area contributed by atoms with Gasteiger partial charge in [-0.25, -0.2) is 0 Å². The van der Waals surface area contributed by atoms with Crippen molar-refractivity contribution in [2.24, 2.45) is 5.73 Å². The van der Waals surface area contributed by atoms with Crippen molar-refractivity contribution in [3.8, 4) is 11.8 Å². The highest BCUT2D eigenvalue weighted by atomic mass is 35.5. The highest BCUT2D eigenvalue weighted by Crippen LogP contribution is 2.33. The minimum atomic E-state index is 0. The first kappa shape index (κ1) is 14.3. The number of nitriles is 1. The average molecular weight is 268 g/mol. The van der Waals surface area contributed by atoms with Gasteiger partial charge in [0.15, 0.2) is 5.75 Å². The molecule has 0 amide bonds. The first-order valence-corrected chi connectivity index (χ1v) is 4.66. The Hall–Kier alpha value is -0.660. The molecule has 1 rings (SSSR count). The number of rotatable bonds is 3. The van der Waals surface area contributed by atoms with Gasteiger partial charge in [-0.05, 0) is 12.1 Å². The van der Waals surface area contributed by atoms with Crippen molar-refractivity contribution in [1.29, 1.82) is 5.26 Å². The smallest absolute Gasteiger partial charge is 0.156 e. The summed E-state index contributed by atoms with van der Waals surface area (Å²) in [5.74, 6) is 0.373. The minimum absolute atomic E-state index is 0. The third-order valence-electron chi connectivity index (χ3n) is 1.49. The molecular formula is C9H9Cl3N2O. The monoisotopic (exact) mass is 266 g/mol. The van der Waals surface area contributed by atoms with Crippen LogP contribution in [0.25, 0.3) is 0 Å². The molecule has 1 aromatic carbocycles. The molecule has 0 unspecified atom stereocenters. The predicted octanol–water partition coefficient (Wildman–Crippen LogP) is 2.62. The lowest BCUT2D eigenvalue weighted by Crippen LogP contribution is -2.11. The number of hydrogen-bond donors (Lipinski definition) is 1. The van der Waals surface area contributed by atoms with Gasteiger partial charge in [-0.3, -0.25) is 0 Å². The summed E-state index contributed by atoms with van der Waals surface area (Å²) in [6.45, 7) is 0.720. The van der Waals surface area contributed by atoms with Gasteiger partial charge in [-0.2, -0.15) is 5.26 Å². The molecule has 0 atom stereocenters. The summed E-state index contributed by atoms with van der Waals surface area (Å²) in [6, 6.07) is 4.94. The van der Waals surface area contributed by atoms with Crippen LogP contribution >= 0.6 is 35.6 Å². The molecule has 2 N–H and O–H groups in total. The van der Waals surface area contributed by atoms with Crippen LogP contribution in [-0.4, -0.2) is 13.2 Å². The average Bonchev–Trinajstić information content (AvgIpc) is 2.16. The van der Waals surface area contributed by atoms with Crippen LogP contribution in [0.1, 0.15) is 5.56 Å². The van der Waals surface area contributed by atoms with Crippen molar-refractivity contribution in [3.05, 3.63) is 27.7 Å². The largest absolute Gasteiger partial charge is 0.489 e. The van der Waals surface area contributed by atoms with Gasteiger partial charge < -0.3 is 10.5 Å². The maximum absolute atomic E-state index is 8.63. The zero-order chi connectivity index (χ0) is 10.6. The normalized spacial score (nSPS) is 8.93. The molecule has 0 saturated heterocycles. The third-order valence-corrected chi connectivity index (χ3v) is 2.05. The van der Waals surface area contributed by atoms with Gasteiger partial charge in [0.1, 0.15) is 6.61 Å². The van der Waals surface area contributed by atoms with E-state index in [-0.39, 0.29) is 12.4 Å². The van der Waals surface area contributed by atoms with Gasteiger partial charge in [0.2, 0.25) is 0 Å². The molecule has 0 spiro atoms. The number of benzene rings is 1. The molecule has 0 saturated carbocycles. The van der Waals surface area contributed by atoms with E-state index in [4.69, 9.17) is 38.9 Å². The molecule has 0 bridgehead atoms. The SMILES string of the molecule is Cl.N#Cc1cc(Cl)c(OCCN)c(Cl)c1. The molecule has 0 heterocycles. The second-order valence-corrected chi connectivity index (χ2v) is 3.33. The zero-order valence-corrected chi connectivity index (χ0v) is 9.99. The molecule has 0 aliphatic rings. The van der Waals surface area contributed by atoms with E-state index in [0.717, 1.165) is 0 Å². The van der Waals surface area contributed by atoms with Crippen molar-refractivity contribution in [3.63, 3.8) is 0 Å². The van der Waals surface area contributed by atoms with Gasteiger partial charge in [0.25, 0.3) is 0 Å². The summed E-state index contributed by atoms with van der Waals surface area (Å²) >= 11 is 11.7. The molecular weight excluding hydrogens is 258 g/mol. The van der Waals surface area contributed by atoms with Gasteiger partial charge in [-0.15, -0.1) is 12.4 Å².